The molecule has 0 spiro atoms. The fraction of sp³-hybridized carbons (Fsp3) is 0.235. The molecule has 0 amide bonds. The van der Waals surface area contributed by atoms with E-state index in [1.165, 1.54) is 17.7 Å². The van der Waals surface area contributed by atoms with Gasteiger partial charge in [0.2, 0.25) is 0 Å². The molecule has 5 nitrogen and oxygen atoms in total. The first kappa shape index (κ1) is 17.0. The van der Waals surface area contributed by atoms with Crippen molar-refractivity contribution in [3.63, 3.8) is 0 Å². The highest BCUT2D eigenvalue weighted by Gasteiger charge is 2.21. The van der Waals surface area contributed by atoms with Crippen LogP contribution < -0.4 is 4.72 Å². The van der Waals surface area contributed by atoms with Crippen LogP contribution in [0.5, 0.6) is 0 Å². The summed E-state index contributed by atoms with van der Waals surface area (Å²) < 4.78 is 28.3. The average Bonchev–Trinajstić information content (AvgIpc) is 2.55. The maximum atomic E-state index is 12.7. The van der Waals surface area contributed by atoms with Gasteiger partial charge in [-0.2, -0.15) is 0 Å². The number of carboxylic acids is 1. The van der Waals surface area contributed by atoms with Crippen LogP contribution in [-0.4, -0.2) is 19.5 Å². The molecule has 2 aromatic rings. The van der Waals surface area contributed by atoms with Gasteiger partial charge >= 0.3 is 5.97 Å². The molecule has 0 aliphatic heterocycles. The number of rotatable bonds is 4. The van der Waals surface area contributed by atoms with E-state index in [0.29, 0.717) is 10.2 Å². The molecule has 0 unspecified atom stereocenters. The van der Waals surface area contributed by atoms with Gasteiger partial charge < -0.3 is 5.11 Å². The minimum atomic E-state index is -3.85. The van der Waals surface area contributed by atoms with E-state index in [-0.39, 0.29) is 10.5 Å². The second-order valence-electron chi connectivity index (χ2n) is 5.70. The standard InChI is InChI=1S/C17H16BrNO4S/c18-15-9-8-12(10-14(15)17(20)21)24(22,23)19-16-7-3-5-11-4-1-2-6-13(11)16/h3,5,7-10,19H,1-2,4,6H2,(H,20,21). The Kier molecular flexibility index (Phi) is 4.64. The number of aryl methyl sites for hydroxylation is 1. The summed E-state index contributed by atoms with van der Waals surface area (Å²) in [7, 11) is -3.85. The number of hydrogen-bond acceptors (Lipinski definition) is 3. The molecule has 0 heterocycles. The second-order valence-corrected chi connectivity index (χ2v) is 8.24. The summed E-state index contributed by atoms with van der Waals surface area (Å²) in [5.41, 5.74) is 2.69. The molecule has 2 aromatic carbocycles. The third kappa shape index (κ3) is 3.32. The molecule has 1 aliphatic rings. The summed E-state index contributed by atoms with van der Waals surface area (Å²) in [5, 5.41) is 9.16. The van der Waals surface area contributed by atoms with Crippen LogP contribution in [0.1, 0.15) is 34.3 Å². The molecule has 1 aliphatic carbocycles. The van der Waals surface area contributed by atoms with Gasteiger partial charge in [-0.25, -0.2) is 13.2 Å². The fourth-order valence-electron chi connectivity index (χ4n) is 2.92. The Labute approximate surface area is 148 Å². The van der Waals surface area contributed by atoms with Crippen molar-refractivity contribution in [1.29, 1.82) is 0 Å². The van der Waals surface area contributed by atoms with Crippen LogP contribution in [0.15, 0.2) is 45.8 Å². The van der Waals surface area contributed by atoms with Crippen LogP contribution in [0.4, 0.5) is 5.69 Å². The van der Waals surface area contributed by atoms with E-state index in [0.717, 1.165) is 37.3 Å². The zero-order chi connectivity index (χ0) is 17.3. The minimum Gasteiger partial charge on any atom is -0.478 e. The number of hydrogen-bond donors (Lipinski definition) is 2. The van der Waals surface area contributed by atoms with Crippen molar-refractivity contribution < 1.29 is 18.3 Å². The van der Waals surface area contributed by atoms with Crippen molar-refractivity contribution in [3.8, 4) is 0 Å². The Morgan fingerprint density at radius 3 is 2.62 bits per heavy atom. The number of aromatic carboxylic acids is 1. The van der Waals surface area contributed by atoms with Gasteiger partial charge in [0.15, 0.2) is 0 Å². The zero-order valence-electron chi connectivity index (χ0n) is 12.8. The van der Waals surface area contributed by atoms with Gasteiger partial charge in [-0.3, -0.25) is 4.72 Å². The SMILES string of the molecule is O=C(O)c1cc(S(=O)(=O)Nc2cccc3c2CCCC3)ccc1Br. The first-order valence-electron chi connectivity index (χ1n) is 7.55. The quantitative estimate of drug-likeness (QED) is 0.803. The molecule has 3 rings (SSSR count). The molecule has 0 fully saturated rings. The van der Waals surface area contributed by atoms with E-state index in [9.17, 15) is 13.2 Å². The summed E-state index contributed by atoms with van der Waals surface area (Å²) in [5.74, 6) is -1.18. The number of anilines is 1. The summed E-state index contributed by atoms with van der Waals surface area (Å²) in [6, 6.07) is 9.58. The van der Waals surface area contributed by atoms with Crippen LogP contribution in [0.3, 0.4) is 0 Å². The fourth-order valence-corrected chi connectivity index (χ4v) is 4.45. The number of carboxylic acid groups (broad SMARTS) is 1. The van der Waals surface area contributed by atoms with Crippen LogP contribution in [0, 0.1) is 0 Å². The van der Waals surface area contributed by atoms with Gasteiger partial charge in [-0.05, 0) is 77.0 Å². The lowest BCUT2D eigenvalue weighted by Gasteiger charge is -2.20. The number of benzene rings is 2. The summed E-state index contributed by atoms with van der Waals surface area (Å²) >= 11 is 3.12. The number of fused-ring (bicyclic) bond motifs is 1. The van der Waals surface area contributed by atoms with Crippen LogP contribution >= 0.6 is 15.9 Å². The number of nitrogens with one attached hydrogen (secondary N) is 1. The molecule has 2 N–H and O–H groups in total. The van der Waals surface area contributed by atoms with Crippen molar-refractivity contribution in [2.24, 2.45) is 0 Å². The lowest BCUT2D eigenvalue weighted by atomic mass is 9.91. The molecular formula is C17H16BrNO4S. The van der Waals surface area contributed by atoms with E-state index in [2.05, 4.69) is 20.7 Å². The maximum Gasteiger partial charge on any atom is 0.336 e. The largest absolute Gasteiger partial charge is 0.478 e. The minimum absolute atomic E-state index is 0.0727. The highest BCUT2D eigenvalue weighted by atomic mass is 79.9. The molecular weight excluding hydrogens is 394 g/mol. The smallest absolute Gasteiger partial charge is 0.336 e. The Balaban J connectivity index is 1.98. The van der Waals surface area contributed by atoms with Crippen molar-refractivity contribution in [1.82, 2.24) is 0 Å². The second kappa shape index (κ2) is 6.57. The van der Waals surface area contributed by atoms with Gasteiger partial charge in [-0.1, -0.05) is 12.1 Å². The molecule has 0 radical (unpaired) electrons. The van der Waals surface area contributed by atoms with Gasteiger partial charge in [0.05, 0.1) is 16.1 Å². The summed E-state index contributed by atoms with van der Waals surface area (Å²) in [6.45, 7) is 0. The lowest BCUT2D eigenvalue weighted by molar-refractivity contribution is 0.0695. The lowest BCUT2D eigenvalue weighted by Crippen LogP contribution is -2.16. The van der Waals surface area contributed by atoms with Crippen molar-refractivity contribution in [3.05, 3.63) is 57.6 Å². The third-order valence-corrected chi connectivity index (χ3v) is 6.17. The van der Waals surface area contributed by atoms with Gasteiger partial charge in [-0.15, -0.1) is 0 Å². The zero-order valence-corrected chi connectivity index (χ0v) is 15.2. The van der Waals surface area contributed by atoms with Gasteiger partial charge in [0, 0.05) is 4.47 Å². The number of sulfonamides is 1. The molecule has 0 bridgehead atoms. The van der Waals surface area contributed by atoms with Crippen LogP contribution in [0.25, 0.3) is 0 Å². The van der Waals surface area contributed by atoms with E-state index in [4.69, 9.17) is 5.11 Å². The Morgan fingerprint density at radius 1 is 1.12 bits per heavy atom. The molecule has 0 saturated carbocycles. The van der Waals surface area contributed by atoms with E-state index in [1.807, 2.05) is 12.1 Å². The third-order valence-electron chi connectivity index (χ3n) is 4.12. The average molecular weight is 410 g/mol. The van der Waals surface area contributed by atoms with Gasteiger partial charge in [0.25, 0.3) is 10.0 Å². The Bertz CT molecular complexity index is 909. The number of halogens is 1. The molecule has 24 heavy (non-hydrogen) atoms. The molecule has 126 valence electrons. The van der Waals surface area contributed by atoms with Crippen LogP contribution in [-0.2, 0) is 22.9 Å². The maximum absolute atomic E-state index is 12.7. The summed E-state index contributed by atoms with van der Waals surface area (Å²) in [4.78, 5) is 11.1. The van der Waals surface area contributed by atoms with Crippen LogP contribution in [0.2, 0.25) is 0 Å². The Morgan fingerprint density at radius 2 is 1.88 bits per heavy atom. The molecule has 0 saturated heterocycles. The highest BCUT2D eigenvalue weighted by Crippen LogP contribution is 2.30. The normalized spacial score (nSPS) is 14.0. The molecule has 0 aromatic heterocycles. The monoisotopic (exact) mass is 409 g/mol. The topological polar surface area (TPSA) is 83.5 Å². The first-order valence-corrected chi connectivity index (χ1v) is 9.82. The predicted molar refractivity (Wildman–Crippen MR) is 95.0 cm³/mol. The Hall–Kier alpha value is -1.86. The molecule has 7 heteroatoms. The summed E-state index contributed by atoms with van der Waals surface area (Å²) in [6.07, 6.45) is 3.94. The highest BCUT2D eigenvalue weighted by molar-refractivity contribution is 9.10. The van der Waals surface area contributed by atoms with Crippen molar-refractivity contribution in [2.75, 3.05) is 4.72 Å². The predicted octanol–water partition coefficient (Wildman–Crippen LogP) is 3.83. The van der Waals surface area contributed by atoms with E-state index >= 15 is 0 Å². The van der Waals surface area contributed by atoms with Gasteiger partial charge in [0.1, 0.15) is 0 Å². The molecule has 0 atom stereocenters. The van der Waals surface area contributed by atoms with Crippen molar-refractivity contribution >= 4 is 37.6 Å². The van der Waals surface area contributed by atoms with E-state index < -0.39 is 16.0 Å². The number of carbonyl (C=O) groups is 1. The van der Waals surface area contributed by atoms with Crippen molar-refractivity contribution in [2.45, 2.75) is 30.6 Å². The van der Waals surface area contributed by atoms with E-state index in [1.54, 1.807) is 6.07 Å². The first-order chi connectivity index (χ1) is 11.4.